The van der Waals surface area contributed by atoms with E-state index >= 15 is 0 Å². The molecule has 0 aromatic rings. The molecule has 0 aromatic heterocycles. The molecule has 2 heterocycles. The van der Waals surface area contributed by atoms with Crippen molar-refractivity contribution in [3.63, 3.8) is 0 Å². The quantitative estimate of drug-likeness (QED) is 0.212. The number of hydrogen-bond acceptors (Lipinski definition) is 5. The lowest BCUT2D eigenvalue weighted by Crippen LogP contribution is -2.38. The standard InChI is InChI=1S/C16H34O2.C6H10O3/c1-6-8-9-10-11-12-14-15(13-7-2)16(3,17-4)18-5;1(5-3-8-5)7-2-6-4-9-6/h15H,6-14H2,1-5H3;5-6H,1-4H2. The summed E-state index contributed by atoms with van der Waals surface area (Å²) in [5, 5.41) is 0. The van der Waals surface area contributed by atoms with Crippen LogP contribution in [0.25, 0.3) is 0 Å². The van der Waals surface area contributed by atoms with E-state index in [9.17, 15) is 0 Å². The molecular weight excluding hydrogens is 344 g/mol. The van der Waals surface area contributed by atoms with E-state index in [1.807, 2.05) is 0 Å². The van der Waals surface area contributed by atoms with Gasteiger partial charge in [-0.05, 0) is 19.8 Å². The monoisotopic (exact) mass is 388 g/mol. The van der Waals surface area contributed by atoms with Crippen molar-refractivity contribution in [1.29, 1.82) is 0 Å². The summed E-state index contributed by atoms with van der Waals surface area (Å²) in [5.74, 6) is 0.114. The first-order valence-electron chi connectivity index (χ1n) is 11.0. The summed E-state index contributed by atoms with van der Waals surface area (Å²) >= 11 is 0. The Morgan fingerprint density at radius 3 is 1.78 bits per heavy atom. The zero-order valence-electron chi connectivity index (χ0n) is 18.5. The lowest BCUT2D eigenvalue weighted by molar-refractivity contribution is -0.230. The predicted molar refractivity (Wildman–Crippen MR) is 109 cm³/mol. The molecule has 3 unspecified atom stereocenters. The van der Waals surface area contributed by atoms with Gasteiger partial charge in [0.2, 0.25) is 0 Å². The van der Waals surface area contributed by atoms with Crippen molar-refractivity contribution in [2.75, 3.05) is 40.6 Å². The van der Waals surface area contributed by atoms with Crippen molar-refractivity contribution in [2.45, 2.75) is 96.6 Å². The lowest BCUT2D eigenvalue weighted by atomic mass is 9.89. The van der Waals surface area contributed by atoms with Crippen LogP contribution in [0.3, 0.4) is 0 Å². The summed E-state index contributed by atoms with van der Waals surface area (Å²) in [6.07, 6.45) is 12.5. The highest BCUT2D eigenvalue weighted by atomic mass is 16.7. The van der Waals surface area contributed by atoms with E-state index in [1.165, 1.54) is 57.8 Å². The molecule has 2 aliphatic heterocycles. The van der Waals surface area contributed by atoms with Crippen LogP contribution in [0.5, 0.6) is 0 Å². The number of methoxy groups -OCH3 is 2. The van der Waals surface area contributed by atoms with E-state index in [2.05, 4.69) is 20.8 Å². The number of hydrogen-bond donors (Lipinski definition) is 0. The van der Waals surface area contributed by atoms with Crippen LogP contribution in [-0.4, -0.2) is 58.6 Å². The second kappa shape index (κ2) is 14.7. The third-order valence-electron chi connectivity index (χ3n) is 5.51. The van der Waals surface area contributed by atoms with E-state index < -0.39 is 5.79 Å². The highest BCUT2D eigenvalue weighted by molar-refractivity contribution is 4.75. The van der Waals surface area contributed by atoms with Crippen LogP contribution in [0.15, 0.2) is 0 Å². The minimum Gasteiger partial charge on any atom is -0.376 e. The molecule has 27 heavy (non-hydrogen) atoms. The molecule has 2 fully saturated rings. The van der Waals surface area contributed by atoms with Gasteiger partial charge in [-0.3, -0.25) is 0 Å². The van der Waals surface area contributed by atoms with Gasteiger partial charge in [0.25, 0.3) is 0 Å². The van der Waals surface area contributed by atoms with Gasteiger partial charge < -0.3 is 23.7 Å². The van der Waals surface area contributed by atoms with Crippen LogP contribution in [0, 0.1) is 5.92 Å². The molecule has 3 atom stereocenters. The molecule has 0 aromatic carbocycles. The van der Waals surface area contributed by atoms with E-state index in [4.69, 9.17) is 23.7 Å². The summed E-state index contributed by atoms with van der Waals surface area (Å²) in [4.78, 5) is 0. The van der Waals surface area contributed by atoms with E-state index in [1.54, 1.807) is 14.2 Å². The number of unbranched alkanes of at least 4 members (excludes halogenated alkanes) is 5. The molecule has 2 rings (SSSR count). The van der Waals surface area contributed by atoms with Gasteiger partial charge in [0.05, 0.1) is 26.4 Å². The van der Waals surface area contributed by atoms with E-state index in [-0.39, 0.29) is 0 Å². The molecule has 2 saturated heterocycles. The Hall–Kier alpha value is -0.200. The Labute approximate surface area is 167 Å². The van der Waals surface area contributed by atoms with Crippen LogP contribution in [-0.2, 0) is 23.7 Å². The lowest BCUT2D eigenvalue weighted by Gasteiger charge is -2.35. The minimum atomic E-state index is -0.403. The largest absolute Gasteiger partial charge is 0.376 e. The van der Waals surface area contributed by atoms with Crippen LogP contribution in [0.4, 0.5) is 0 Å². The smallest absolute Gasteiger partial charge is 0.167 e. The van der Waals surface area contributed by atoms with Gasteiger partial charge in [-0.2, -0.15) is 0 Å². The summed E-state index contributed by atoms with van der Waals surface area (Å²) in [6, 6.07) is 0. The predicted octanol–water partition coefficient (Wildman–Crippen LogP) is 4.96. The topological polar surface area (TPSA) is 52.8 Å². The Balaban J connectivity index is 0.000000330. The van der Waals surface area contributed by atoms with Crippen molar-refractivity contribution < 1.29 is 23.7 Å². The van der Waals surface area contributed by atoms with Crippen LogP contribution >= 0.6 is 0 Å². The molecule has 5 heteroatoms. The second-order valence-corrected chi connectivity index (χ2v) is 7.91. The maximum atomic E-state index is 5.58. The maximum Gasteiger partial charge on any atom is 0.167 e. The van der Waals surface area contributed by atoms with Crippen molar-refractivity contribution in [3.8, 4) is 0 Å². The molecule has 0 spiro atoms. The van der Waals surface area contributed by atoms with Gasteiger partial charge in [-0.25, -0.2) is 0 Å². The highest BCUT2D eigenvalue weighted by Gasteiger charge is 2.33. The second-order valence-electron chi connectivity index (χ2n) is 7.91. The molecule has 0 aliphatic carbocycles. The SMILES string of the molecule is C(OCC1CO1)C1CO1.CCCCCCCCC(CCC)C(C)(OC)OC. The molecule has 2 aliphatic rings. The van der Waals surface area contributed by atoms with Crippen LogP contribution in [0.2, 0.25) is 0 Å². The normalized spacial score (nSPS) is 22.1. The van der Waals surface area contributed by atoms with E-state index in [0.717, 1.165) is 26.4 Å². The summed E-state index contributed by atoms with van der Waals surface area (Å²) < 4.78 is 26.3. The molecule has 0 bridgehead atoms. The summed E-state index contributed by atoms with van der Waals surface area (Å²) in [5.41, 5.74) is 0. The third kappa shape index (κ3) is 12.1. The van der Waals surface area contributed by atoms with Crippen molar-refractivity contribution in [1.82, 2.24) is 0 Å². The van der Waals surface area contributed by atoms with Crippen LogP contribution < -0.4 is 0 Å². The first-order valence-corrected chi connectivity index (χ1v) is 11.0. The fourth-order valence-corrected chi connectivity index (χ4v) is 3.26. The molecule has 0 N–H and O–H groups in total. The zero-order chi connectivity index (χ0) is 20.0. The van der Waals surface area contributed by atoms with Gasteiger partial charge in [0, 0.05) is 20.1 Å². The van der Waals surface area contributed by atoms with Gasteiger partial charge in [-0.15, -0.1) is 0 Å². The third-order valence-corrected chi connectivity index (χ3v) is 5.51. The van der Waals surface area contributed by atoms with Gasteiger partial charge in [0.1, 0.15) is 12.2 Å². The van der Waals surface area contributed by atoms with Crippen molar-refractivity contribution in [2.24, 2.45) is 5.92 Å². The van der Waals surface area contributed by atoms with Crippen molar-refractivity contribution >= 4 is 0 Å². The van der Waals surface area contributed by atoms with Gasteiger partial charge in [0.15, 0.2) is 5.79 Å². The zero-order valence-corrected chi connectivity index (χ0v) is 18.5. The molecule has 5 nitrogen and oxygen atoms in total. The molecule has 0 radical (unpaired) electrons. The minimum absolute atomic E-state index is 0.392. The Morgan fingerprint density at radius 2 is 1.33 bits per heavy atom. The molecule has 162 valence electrons. The summed E-state index contributed by atoms with van der Waals surface area (Å²) in [7, 11) is 3.51. The number of ether oxygens (including phenoxy) is 5. The fraction of sp³-hybridized carbons (Fsp3) is 1.00. The first kappa shape index (κ1) is 24.8. The molecular formula is C22H44O5. The Bertz CT molecular complexity index is 326. The van der Waals surface area contributed by atoms with E-state index in [0.29, 0.717) is 18.1 Å². The molecule has 0 saturated carbocycles. The van der Waals surface area contributed by atoms with Gasteiger partial charge in [-0.1, -0.05) is 58.8 Å². The van der Waals surface area contributed by atoms with Gasteiger partial charge >= 0.3 is 0 Å². The van der Waals surface area contributed by atoms with Crippen LogP contribution in [0.1, 0.15) is 78.6 Å². The number of rotatable bonds is 16. The molecule has 0 amide bonds. The highest BCUT2D eigenvalue weighted by Crippen LogP contribution is 2.31. The average Bonchev–Trinajstić information content (AvgIpc) is 3.59. The first-order chi connectivity index (χ1) is 13.1. The van der Waals surface area contributed by atoms with Crippen molar-refractivity contribution in [3.05, 3.63) is 0 Å². The number of epoxide rings is 2. The summed E-state index contributed by atoms with van der Waals surface area (Å²) in [6.45, 7) is 9.83. The maximum absolute atomic E-state index is 5.58. The Morgan fingerprint density at radius 1 is 0.815 bits per heavy atom. The Kier molecular flexibility index (Phi) is 13.6. The average molecular weight is 389 g/mol. The fourth-order valence-electron chi connectivity index (χ4n) is 3.26.